The number of piperidine rings is 1. The zero-order valence-corrected chi connectivity index (χ0v) is 12.9. The van der Waals surface area contributed by atoms with Crippen molar-refractivity contribution in [2.45, 2.75) is 56.7 Å². The third-order valence-electron chi connectivity index (χ3n) is 4.69. The summed E-state index contributed by atoms with van der Waals surface area (Å²) in [5.74, 6) is 0.863. The van der Waals surface area contributed by atoms with Crippen LogP contribution in [0.3, 0.4) is 0 Å². The van der Waals surface area contributed by atoms with Gasteiger partial charge in [0.25, 0.3) is 0 Å². The van der Waals surface area contributed by atoms with E-state index in [9.17, 15) is 0 Å². The van der Waals surface area contributed by atoms with Crippen LogP contribution in [0.25, 0.3) is 0 Å². The fourth-order valence-electron chi connectivity index (χ4n) is 3.59. The van der Waals surface area contributed by atoms with E-state index >= 15 is 0 Å². The molecule has 2 heterocycles. The van der Waals surface area contributed by atoms with E-state index in [0.29, 0.717) is 18.2 Å². The van der Waals surface area contributed by atoms with Crippen LogP contribution in [-0.2, 0) is 4.74 Å². The molecule has 3 unspecified atom stereocenters. The minimum absolute atomic E-state index is 0.438. The molecule has 2 fully saturated rings. The Morgan fingerprint density at radius 2 is 1.95 bits per heavy atom. The molecule has 3 atom stereocenters. The van der Waals surface area contributed by atoms with Gasteiger partial charge in [0.2, 0.25) is 5.95 Å². The Morgan fingerprint density at radius 1 is 1.14 bits per heavy atom. The van der Waals surface area contributed by atoms with Crippen molar-refractivity contribution in [1.82, 2.24) is 15.3 Å². The molecule has 1 saturated carbocycles. The van der Waals surface area contributed by atoms with E-state index in [2.05, 4.69) is 20.2 Å². The van der Waals surface area contributed by atoms with Crippen LogP contribution in [0.5, 0.6) is 0 Å². The number of anilines is 1. The van der Waals surface area contributed by atoms with E-state index in [1.54, 1.807) is 0 Å². The molecule has 5 nitrogen and oxygen atoms in total. The van der Waals surface area contributed by atoms with Gasteiger partial charge in [-0.2, -0.15) is 0 Å². The number of rotatable bonds is 4. The Kier molecular flexibility index (Phi) is 5.04. The second-order valence-electron chi connectivity index (χ2n) is 6.22. The van der Waals surface area contributed by atoms with Gasteiger partial charge in [0.05, 0.1) is 6.10 Å². The summed E-state index contributed by atoms with van der Waals surface area (Å²) in [5.41, 5.74) is 0. The second-order valence-corrected chi connectivity index (χ2v) is 6.22. The number of ether oxygens (including phenoxy) is 1. The highest BCUT2D eigenvalue weighted by atomic mass is 16.5. The van der Waals surface area contributed by atoms with Crippen molar-refractivity contribution >= 4 is 5.95 Å². The highest BCUT2D eigenvalue weighted by Crippen LogP contribution is 2.23. The van der Waals surface area contributed by atoms with E-state index < -0.39 is 0 Å². The molecule has 0 aromatic carbocycles. The summed E-state index contributed by atoms with van der Waals surface area (Å²) >= 11 is 0. The van der Waals surface area contributed by atoms with Gasteiger partial charge in [-0.05, 0) is 44.6 Å². The predicted molar refractivity (Wildman–Crippen MR) is 83.5 cm³/mol. The molecule has 1 aliphatic carbocycles. The minimum Gasteiger partial charge on any atom is -0.381 e. The highest BCUT2D eigenvalue weighted by molar-refractivity contribution is 5.29. The molecule has 0 bridgehead atoms. The summed E-state index contributed by atoms with van der Waals surface area (Å²) in [4.78, 5) is 11.1. The first-order chi connectivity index (χ1) is 10.3. The number of nitrogens with one attached hydrogen (secondary N) is 1. The zero-order valence-electron chi connectivity index (χ0n) is 12.9. The molecule has 0 radical (unpaired) electrons. The third-order valence-corrected chi connectivity index (χ3v) is 4.69. The Balaban J connectivity index is 1.54. The first kappa shape index (κ1) is 14.7. The maximum absolute atomic E-state index is 5.53. The molecule has 1 aromatic heterocycles. The standard InChI is InChI=1S/C16H26N4O/c1-21-15-7-2-5-13(11-15)19-14-6-3-10-20(12-14)16-17-8-4-9-18-16/h4,8-9,13-15,19H,2-3,5-7,10-12H2,1H3. The molecule has 3 rings (SSSR count). The van der Waals surface area contributed by atoms with Gasteiger partial charge >= 0.3 is 0 Å². The lowest BCUT2D eigenvalue weighted by Gasteiger charge is -2.37. The largest absolute Gasteiger partial charge is 0.381 e. The van der Waals surface area contributed by atoms with Gasteiger partial charge in [-0.15, -0.1) is 0 Å². The van der Waals surface area contributed by atoms with Crippen molar-refractivity contribution in [3.63, 3.8) is 0 Å². The molecule has 0 spiro atoms. The monoisotopic (exact) mass is 290 g/mol. The van der Waals surface area contributed by atoms with E-state index in [0.717, 1.165) is 25.5 Å². The topological polar surface area (TPSA) is 50.3 Å². The molecular weight excluding hydrogens is 264 g/mol. The molecule has 1 N–H and O–H groups in total. The van der Waals surface area contributed by atoms with E-state index in [1.807, 2.05) is 25.6 Å². The average molecular weight is 290 g/mol. The molecule has 0 amide bonds. The molecule has 1 aromatic rings. The zero-order chi connectivity index (χ0) is 14.5. The summed E-state index contributed by atoms with van der Waals surface area (Å²) in [7, 11) is 1.84. The lowest BCUT2D eigenvalue weighted by molar-refractivity contribution is 0.0565. The van der Waals surface area contributed by atoms with Crippen molar-refractivity contribution in [2.75, 3.05) is 25.1 Å². The predicted octanol–water partition coefficient (Wildman–Crippen LogP) is 1.99. The van der Waals surface area contributed by atoms with E-state index in [1.165, 1.54) is 32.1 Å². The van der Waals surface area contributed by atoms with Crippen LogP contribution in [0, 0.1) is 0 Å². The summed E-state index contributed by atoms with van der Waals surface area (Å²) in [5, 5.41) is 3.84. The number of hydrogen-bond donors (Lipinski definition) is 1. The van der Waals surface area contributed by atoms with Crippen molar-refractivity contribution in [3.8, 4) is 0 Å². The van der Waals surface area contributed by atoms with Gasteiger partial charge < -0.3 is 15.0 Å². The smallest absolute Gasteiger partial charge is 0.225 e. The Labute approximate surface area is 127 Å². The Hall–Kier alpha value is -1.20. The van der Waals surface area contributed by atoms with Gasteiger partial charge in [-0.1, -0.05) is 0 Å². The average Bonchev–Trinajstić information content (AvgIpc) is 2.56. The summed E-state index contributed by atoms with van der Waals surface area (Å²) in [6.07, 6.45) is 11.4. The maximum Gasteiger partial charge on any atom is 0.225 e. The summed E-state index contributed by atoms with van der Waals surface area (Å²) in [6.45, 7) is 2.08. The second kappa shape index (κ2) is 7.18. The molecule has 2 aliphatic rings. The lowest BCUT2D eigenvalue weighted by atomic mass is 9.91. The molecule has 5 heteroatoms. The maximum atomic E-state index is 5.53. The normalized spacial score (nSPS) is 30.3. The Bertz CT molecular complexity index is 428. The van der Waals surface area contributed by atoms with Gasteiger partial charge in [-0.25, -0.2) is 9.97 Å². The fourth-order valence-corrected chi connectivity index (χ4v) is 3.59. The van der Waals surface area contributed by atoms with Crippen LogP contribution in [0.15, 0.2) is 18.5 Å². The number of methoxy groups -OCH3 is 1. The molecular formula is C16H26N4O. The number of nitrogens with zero attached hydrogens (tertiary/aromatic N) is 3. The Morgan fingerprint density at radius 3 is 2.76 bits per heavy atom. The first-order valence-electron chi connectivity index (χ1n) is 8.16. The third kappa shape index (κ3) is 3.92. The summed E-state index contributed by atoms with van der Waals surface area (Å²) < 4.78 is 5.53. The van der Waals surface area contributed by atoms with Crippen LogP contribution in [0.4, 0.5) is 5.95 Å². The number of hydrogen-bond acceptors (Lipinski definition) is 5. The van der Waals surface area contributed by atoms with E-state index in [-0.39, 0.29) is 0 Å². The van der Waals surface area contributed by atoms with Crippen molar-refractivity contribution in [1.29, 1.82) is 0 Å². The van der Waals surface area contributed by atoms with Crippen molar-refractivity contribution in [3.05, 3.63) is 18.5 Å². The van der Waals surface area contributed by atoms with Crippen LogP contribution in [0.2, 0.25) is 0 Å². The van der Waals surface area contributed by atoms with Gasteiger partial charge in [0.1, 0.15) is 0 Å². The SMILES string of the molecule is COC1CCCC(NC2CCCN(c3ncccn3)C2)C1. The van der Waals surface area contributed by atoms with Crippen molar-refractivity contribution in [2.24, 2.45) is 0 Å². The molecule has 21 heavy (non-hydrogen) atoms. The van der Waals surface area contributed by atoms with Crippen molar-refractivity contribution < 1.29 is 4.74 Å². The van der Waals surface area contributed by atoms with Crippen LogP contribution >= 0.6 is 0 Å². The molecule has 116 valence electrons. The molecule has 1 aliphatic heterocycles. The lowest BCUT2D eigenvalue weighted by Crippen LogP contribution is -2.51. The summed E-state index contributed by atoms with van der Waals surface area (Å²) in [6, 6.07) is 3.02. The van der Waals surface area contributed by atoms with Gasteiger partial charge in [0, 0.05) is 44.7 Å². The highest BCUT2D eigenvalue weighted by Gasteiger charge is 2.27. The van der Waals surface area contributed by atoms with Gasteiger partial charge in [0.15, 0.2) is 0 Å². The first-order valence-corrected chi connectivity index (χ1v) is 8.16. The number of aromatic nitrogens is 2. The van der Waals surface area contributed by atoms with Crippen LogP contribution in [-0.4, -0.2) is 48.4 Å². The van der Waals surface area contributed by atoms with E-state index in [4.69, 9.17) is 4.74 Å². The quantitative estimate of drug-likeness (QED) is 0.919. The van der Waals surface area contributed by atoms with Crippen LogP contribution in [0.1, 0.15) is 38.5 Å². The van der Waals surface area contributed by atoms with Crippen LogP contribution < -0.4 is 10.2 Å². The van der Waals surface area contributed by atoms with Gasteiger partial charge in [-0.3, -0.25) is 0 Å². The fraction of sp³-hybridized carbons (Fsp3) is 0.750. The minimum atomic E-state index is 0.438. The molecule has 1 saturated heterocycles.